The standard InChI is InChI=1S/C21H28N4O3S2/c1-23-12-14-24(15-13-23)19-6-4-18(5-7-19)22-21(26)17-8-10-25(11-9-17)30(27,28)20-3-2-16-29-20/h2-7,16-17H,8-15H2,1H3,(H,22,26). The first-order valence-electron chi connectivity index (χ1n) is 10.3. The summed E-state index contributed by atoms with van der Waals surface area (Å²) in [6, 6.07) is 11.4. The number of carbonyl (C=O) groups excluding carboxylic acids is 1. The molecule has 0 spiro atoms. The minimum atomic E-state index is -3.43. The highest BCUT2D eigenvalue weighted by atomic mass is 32.2. The number of benzene rings is 1. The fourth-order valence-electron chi connectivity index (χ4n) is 3.96. The first kappa shape index (κ1) is 21.3. The average Bonchev–Trinajstić information content (AvgIpc) is 3.31. The molecule has 0 aliphatic carbocycles. The van der Waals surface area contributed by atoms with Crippen LogP contribution in [0, 0.1) is 5.92 Å². The molecule has 0 unspecified atom stereocenters. The Morgan fingerprint density at radius 2 is 1.67 bits per heavy atom. The van der Waals surface area contributed by atoms with Gasteiger partial charge < -0.3 is 15.1 Å². The second-order valence-corrected chi connectivity index (χ2v) is 11.0. The summed E-state index contributed by atoms with van der Waals surface area (Å²) in [6.45, 7) is 4.88. The number of piperidine rings is 1. The van der Waals surface area contributed by atoms with Crippen molar-refractivity contribution in [1.29, 1.82) is 0 Å². The van der Waals surface area contributed by atoms with E-state index in [9.17, 15) is 13.2 Å². The van der Waals surface area contributed by atoms with Gasteiger partial charge in [-0.05, 0) is 55.6 Å². The maximum absolute atomic E-state index is 12.7. The Kier molecular flexibility index (Phi) is 6.43. The van der Waals surface area contributed by atoms with Gasteiger partial charge in [0.1, 0.15) is 4.21 Å². The van der Waals surface area contributed by atoms with Crippen molar-refractivity contribution in [3.05, 3.63) is 41.8 Å². The molecule has 7 nitrogen and oxygen atoms in total. The lowest BCUT2D eigenvalue weighted by Crippen LogP contribution is -2.44. The molecule has 162 valence electrons. The van der Waals surface area contributed by atoms with Gasteiger partial charge >= 0.3 is 0 Å². The van der Waals surface area contributed by atoms with Gasteiger partial charge in [0.05, 0.1) is 0 Å². The Morgan fingerprint density at radius 1 is 1.00 bits per heavy atom. The highest BCUT2D eigenvalue weighted by Crippen LogP contribution is 2.27. The molecule has 2 aliphatic rings. The summed E-state index contributed by atoms with van der Waals surface area (Å²) in [5, 5.41) is 4.76. The molecule has 0 saturated carbocycles. The Bertz CT molecular complexity index is 945. The molecule has 1 N–H and O–H groups in total. The van der Waals surface area contributed by atoms with Crippen LogP contribution in [0.4, 0.5) is 11.4 Å². The van der Waals surface area contributed by atoms with Crippen LogP contribution in [0.5, 0.6) is 0 Å². The molecule has 0 atom stereocenters. The maximum Gasteiger partial charge on any atom is 0.252 e. The van der Waals surface area contributed by atoms with E-state index in [2.05, 4.69) is 34.3 Å². The number of likely N-dealkylation sites (N-methyl/N-ethyl adjacent to an activating group) is 1. The Morgan fingerprint density at radius 3 is 2.27 bits per heavy atom. The van der Waals surface area contributed by atoms with Crippen LogP contribution in [0.3, 0.4) is 0 Å². The lowest BCUT2D eigenvalue weighted by atomic mass is 9.97. The molecule has 1 aromatic carbocycles. The van der Waals surface area contributed by atoms with Gasteiger partial charge in [-0.25, -0.2) is 8.42 Å². The number of amides is 1. The molecule has 0 bridgehead atoms. The minimum Gasteiger partial charge on any atom is -0.369 e. The number of anilines is 2. The number of hydrogen-bond donors (Lipinski definition) is 1. The van der Waals surface area contributed by atoms with Crippen LogP contribution in [0.15, 0.2) is 46.0 Å². The summed E-state index contributed by atoms with van der Waals surface area (Å²) >= 11 is 1.23. The molecule has 3 heterocycles. The van der Waals surface area contributed by atoms with Gasteiger partial charge in [0, 0.05) is 56.6 Å². The topological polar surface area (TPSA) is 73.0 Å². The molecule has 9 heteroatoms. The van der Waals surface area contributed by atoms with Gasteiger partial charge in [0.15, 0.2) is 0 Å². The van der Waals surface area contributed by atoms with E-state index in [1.54, 1.807) is 17.5 Å². The zero-order chi connectivity index (χ0) is 21.1. The second kappa shape index (κ2) is 9.05. The van der Waals surface area contributed by atoms with Crippen molar-refractivity contribution < 1.29 is 13.2 Å². The third kappa shape index (κ3) is 4.69. The van der Waals surface area contributed by atoms with Crippen LogP contribution < -0.4 is 10.2 Å². The molecule has 2 saturated heterocycles. The van der Waals surface area contributed by atoms with Crippen molar-refractivity contribution in [2.45, 2.75) is 17.1 Å². The van der Waals surface area contributed by atoms with Crippen molar-refractivity contribution in [2.24, 2.45) is 5.92 Å². The van der Waals surface area contributed by atoms with Crippen LogP contribution in [-0.2, 0) is 14.8 Å². The molecule has 2 aromatic rings. The van der Waals surface area contributed by atoms with E-state index in [1.807, 2.05) is 12.1 Å². The van der Waals surface area contributed by atoms with E-state index in [0.717, 1.165) is 31.9 Å². The number of thiophene rings is 1. The normalized spacial score (nSPS) is 19.7. The quantitative estimate of drug-likeness (QED) is 0.761. The van der Waals surface area contributed by atoms with Crippen molar-refractivity contribution in [3.8, 4) is 0 Å². The van der Waals surface area contributed by atoms with Gasteiger partial charge in [0.25, 0.3) is 10.0 Å². The zero-order valence-electron chi connectivity index (χ0n) is 17.2. The minimum absolute atomic E-state index is 0.0319. The van der Waals surface area contributed by atoms with Gasteiger partial charge in [-0.1, -0.05) is 6.07 Å². The van der Waals surface area contributed by atoms with Gasteiger partial charge in [-0.2, -0.15) is 4.31 Å². The number of carbonyl (C=O) groups is 1. The van der Waals surface area contributed by atoms with Crippen LogP contribution >= 0.6 is 11.3 Å². The number of nitrogens with zero attached hydrogens (tertiary/aromatic N) is 3. The molecular formula is C21H28N4O3S2. The number of piperazine rings is 1. The van der Waals surface area contributed by atoms with E-state index < -0.39 is 10.0 Å². The Labute approximate surface area is 182 Å². The Balaban J connectivity index is 1.30. The fourth-order valence-corrected chi connectivity index (χ4v) is 6.57. The van der Waals surface area contributed by atoms with Gasteiger partial charge in [-0.15, -0.1) is 11.3 Å². The van der Waals surface area contributed by atoms with E-state index in [0.29, 0.717) is 30.1 Å². The summed E-state index contributed by atoms with van der Waals surface area (Å²) in [5.74, 6) is -0.201. The van der Waals surface area contributed by atoms with Crippen LogP contribution in [0.25, 0.3) is 0 Å². The van der Waals surface area contributed by atoms with E-state index in [4.69, 9.17) is 0 Å². The summed E-state index contributed by atoms with van der Waals surface area (Å²) < 4.78 is 27.1. The van der Waals surface area contributed by atoms with Gasteiger partial charge in [-0.3, -0.25) is 4.79 Å². The molecule has 2 aliphatic heterocycles. The van der Waals surface area contributed by atoms with E-state index in [-0.39, 0.29) is 11.8 Å². The maximum atomic E-state index is 12.7. The largest absolute Gasteiger partial charge is 0.369 e. The first-order chi connectivity index (χ1) is 14.4. The third-order valence-corrected chi connectivity index (χ3v) is 9.19. The van der Waals surface area contributed by atoms with Crippen LogP contribution in [-0.4, -0.2) is 69.8 Å². The molecular weight excluding hydrogens is 420 g/mol. The monoisotopic (exact) mass is 448 g/mol. The third-order valence-electron chi connectivity index (χ3n) is 5.92. The Hall–Kier alpha value is -1.94. The predicted octanol–water partition coefficient (Wildman–Crippen LogP) is 2.54. The van der Waals surface area contributed by atoms with Crippen molar-refractivity contribution in [2.75, 3.05) is 56.5 Å². The fraction of sp³-hybridized carbons (Fsp3) is 0.476. The van der Waals surface area contributed by atoms with Crippen LogP contribution in [0.1, 0.15) is 12.8 Å². The van der Waals surface area contributed by atoms with Crippen LogP contribution in [0.2, 0.25) is 0 Å². The average molecular weight is 449 g/mol. The van der Waals surface area contributed by atoms with Crippen molar-refractivity contribution in [3.63, 3.8) is 0 Å². The summed E-state index contributed by atoms with van der Waals surface area (Å²) in [5.41, 5.74) is 1.96. The smallest absolute Gasteiger partial charge is 0.252 e. The number of nitrogens with one attached hydrogen (secondary N) is 1. The molecule has 1 amide bonds. The van der Waals surface area contributed by atoms with Crippen molar-refractivity contribution >= 4 is 38.6 Å². The van der Waals surface area contributed by atoms with E-state index in [1.165, 1.54) is 21.3 Å². The highest BCUT2D eigenvalue weighted by Gasteiger charge is 2.32. The molecule has 1 aromatic heterocycles. The lowest BCUT2D eigenvalue weighted by Gasteiger charge is -2.34. The number of rotatable bonds is 5. The lowest BCUT2D eigenvalue weighted by molar-refractivity contribution is -0.120. The highest BCUT2D eigenvalue weighted by molar-refractivity contribution is 7.91. The molecule has 0 radical (unpaired) electrons. The van der Waals surface area contributed by atoms with E-state index >= 15 is 0 Å². The zero-order valence-corrected chi connectivity index (χ0v) is 18.8. The van der Waals surface area contributed by atoms with Gasteiger partial charge in [0.2, 0.25) is 5.91 Å². The molecule has 30 heavy (non-hydrogen) atoms. The second-order valence-electron chi connectivity index (χ2n) is 7.94. The molecule has 2 fully saturated rings. The summed E-state index contributed by atoms with van der Waals surface area (Å²) in [6.07, 6.45) is 1.08. The number of hydrogen-bond acceptors (Lipinski definition) is 6. The number of sulfonamides is 1. The van der Waals surface area contributed by atoms with Crippen molar-refractivity contribution in [1.82, 2.24) is 9.21 Å². The molecule has 4 rings (SSSR count). The first-order valence-corrected chi connectivity index (χ1v) is 12.6. The predicted molar refractivity (Wildman–Crippen MR) is 121 cm³/mol. The SMILES string of the molecule is CN1CCN(c2ccc(NC(=O)C3CCN(S(=O)(=O)c4cccs4)CC3)cc2)CC1. The summed E-state index contributed by atoms with van der Waals surface area (Å²) in [4.78, 5) is 17.4. The summed E-state index contributed by atoms with van der Waals surface area (Å²) in [7, 11) is -1.30.